The first-order chi connectivity index (χ1) is 9.15. The summed E-state index contributed by atoms with van der Waals surface area (Å²) in [4.78, 5) is 10.9. The number of nitrogens with one attached hydrogen (secondary N) is 2. The molecule has 0 radical (unpaired) electrons. The van der Waals surface area contributed by atoms with Crippen molar-refractivity contribution in [1.29, 1.82) is 0 Å². The average molecular weight is 264 g/mol. The van der Waals surface area contributed by atoms with Gasteiger partial charge in [-0.25, -0.2) is 9.82 Å². The van der Waals surface area contributed by atoms with E-state index in [1.165, 1.54) is 6.07 Å². The number of carbonyl (C=O) groups is 1. The molecule has 0 aliphatic carbocycles. The number of benzene rings is 1. The van der Waals surface area contributed by atoms with Crippen molar-refractivity contribution in [3.8, 4) is 5.75 Å². The molecule has 0 saturated carbocycles. The maximum atomic E-state index is 13.7. The Balaban J connectivity index is 2.17. The van der Waals surface area contributed by atoms with Gasteiger partial charge in [-0.15, -0.1) is 0 Å². The van der Waals surface area contributed by atoms with Crippen molar-refractivity contribution < 1.29 is 13.9 Å². The normalized spacial score (nSPS) is 18.4. The summed E-state index contributed by atoms with van der Waals surface area (Å²) in [6, 6.07) is 4.53. The highest BCUT2D eigenvalue weighted by Crippen LogP contribution is 2.22. The van der Waals surface area contributed by atoms with Crippen LogP contribution in [-0.2, 0) is 11.2 Å². The fourth-order valence-corrected chi connectivity index (χ4v) is 2.09. The molecule has 2 rings (SSSR count). The molecule has 0 spiro atoms. The van der Waals surface area contributed by atoms with E-state index in [0.29, 0.717) is 13.0 Å². The SMILES string of the molecule is CCOc1ccc(CC2=C(C)NNC2C=O)cc1F. The zero-order valence-electron chi connectivity index (χ0n) is 11.0. The molecule has 1 unspecified atom stereocenters. The van der Waals surface area contributed by atoms with Gasteiger partial charge in [-0.2, -0.15) is 0 Å². The molecule has 0 fully saturated rings. The smallest absolute Gasteiger partial charge is 0.165 e. The Hall–Kier alpha value is -1.88. The van der Waals surface area contributed by atoms with E-state index >= 15 is 0 Å². The van der Waals surface area contributed by atoms with E-state index in [1.807, 2.05) is 19.9 Å². The van der Waals surface area contributed by atoms with Gasteiger partial charge in [0.2, 0.25) is 0 Å². The van der Waals surface area contributed by atoms with E-state index < -0.39 is 0 Å². The van der Waals surface area contributed by atoms with E-state index in [9.17, 15) is 9.18 Å². The van der Waals surface area contributed by atoms with Crippen LogP contribution < -0.4 is 15.6 Å². The second kappa shape index (κ2) is 5.84. The number of ether oxygens (including phenoxy) is 1. The number of rotatable bonds is 5. The van der Waals surface area contributed by atoms with Gasteiger partial charge in [0.1, 0.15) is 12.3 Å². The monoisotopic (exact) mass is 264 g/mol. The fourth-order valence-electron chi connectivity index (χ4n) is 2.09. The number of hydrogen-bond donors (Lipinski definition) is 2. The van der Waals surface area contributed by atoms with Crippen molar-refractivity contribution in [3.05, 3.63) is 40.8 Å². The molecule has 0 aromatic heterocycles. The molecule has 19 heavy (non-hydrogen) atoms. The van der Waals surface area contributed by atoms with Crippen LogP contribution in [0, 0.1) is 5.82 Å². The third kappa shape index (κ3) is 2.93. The third-order valence-corrected chi connectivity index (χ3v) is 3.10. The van der Waals surface area contributed by atoms with Gasteiger partial charge in [0.25, 0.3) is 0 Å². The molecule has 2 N–H and O–H groups in total. The van der Waals surface area contributed by atoms with E-state index in [0.717, 1.165) is 23.1 Å². The molecule has 0 bridgehead atoms. The average Bonchev–Trinajstić information content (AvgIpc) is 2.74. The maximum Gasteiger partial charge on any atom is 0.165 e. The Morgan fingerprint density at radius 2 is 2.26 bits per heavy atom. The van der Waals surface area contributed by atoms with Gasteiger partial charge < -0.3 is 15.0 Å². The fraction of sp³-hybridized carbons (Fsp3) is 0.357. The van der Waals surface area contributed by atoms with Crippen LogP contribution in [0.25, 0.3) is 0 Å². The summed E-state index contributed by atoms with van der Waals surface area (Å²) in [5.74, 6) is -0.120. The van der Waals surface area contributed by atoms with Gasteiger partial charge in [-0.1, -0.05) is 6.07 Å². The standard InChI is InChI=1S/C14H17FN2O2/c1-3-19-14-5-4-10(7-12(14)15)6-11-9(2)16-17-13(11)8-18/h4-5,7-8,13,16-17H,3,6H2,1-2H3. The first-order valence-electron chi connectivity index (χ1n) is 6.23. The van der Waals surface area contributed by atoms with E-state index in [4.69, 9.17) is 4.74 Å². The van der Waals surface area contributed by atoms with Crippen molar-refractivity contribution in [2.24, 2.45) is 0 Å². The van der Waals surface area contributed by atoms with Crippen LogP contribution in [-0.4, -0.2) is 18.9 Å². The summed E-state index contributed by atoms with van der Waals surface area (Å²) < 4.78 is 18.9. The van der Waals surface area contributed by atoms with Gasteiger partial charge in [0.05, 0.1) is 6.61 Å². The lowest BCUT2D eigenvalue weighted by Crippen LogP contribution is -2.33. The number of hydrogen-bond acceptors (Lipinski definition) is 4. The molecule has 0 amide bonds. The molecule has 4 nitrogen and oxygen atoms in total. The topological polar surface area (TPSA) is 50.4 Å². The van der Waals surface area contributed by atoms with Crippen molar-refractivity contribution in [2.75, 3.05) is 6.61 Å². The van der Waals surface area contributed by atoms with Crippen LogP contribution in [0.15, 0.2) is 29.5 Å². The highest BCUT2D eigenvalue weighted by Gasteiger charge is 2.22. The van der Waals surface area contributed by atoms with E-state index in [2.05, 4.69) is 10.9 Å². The molecule has 1 aliphatic rings. The molecular weight excluding hydrogens is 247 g/mol. The minimum absolute atomic E-state index is 0.256. The summed E-state index contributed by atoms with van der Waals surface area (Å²) in [6.45, 7) is 4.13. The molecule has 0 saturated heterocycles. The Labute approximate surface area is 111 Å². The van der Waals surface area contributed by atoms with Crippen molar-refractivity contribution >= 4 is 6.29 Å². The van der Waals surface area contributed by atoms with Crippen LogP contribution >= 0.6 is 0 Å². The summed E-state index contributed by atoms with van der Waals surface area (Å²) >= 11 is 0. The zero-order chi connectivity index (χ0) is 13.8. The molecule has 5 heteroatoms. The van der Waals surface area contributed by atoms with Crippen molar-refractivity contribution in [2.45, 2.75) is 26.3 Å². The van der Waals surface area contributed by atoms with Crippen LogP contribution in [0.5, 0.6) is 5.75 Å². The van der Waals surface area contributed by atoms with Crippen LogP contribution in [0.4, 0.5) is 4.39 Å². The number of aldehydes is 1. The first kappa shape index (κ1) is 13.5. The minimum atomic E-state index is -0.376. The van der Waals surface area contributed by atoms with Gasteiger partial charge in [-0.3, -0.25) is 0 Å². The van der Waals surface area contributed by atoms with E-state index in [-0.39, 0.29) is 17.6 Å². The number of allylic oxidation sites excluding steroid dienone is 1. The second-order valence-corrected chi connectivity index (χ2v) is 4.41. The lowest BCUT2D eigenvalue weighted by atomic mass is 9.99. The van der Waals surface area contributed by atoms with Crippen LogP contribution in [0.2, 0.25) is 0 Å². The highest BCUT2D eigenvalue weighted by atomic mass is 19.1. The summed E-state index contributed by atoms with van der Waals surface area (Å²) in [7, 11) is 0. The van der Waals surface area contributed by atoms with Gasteiger partial charge >= 0.3 is 0 Å². The Bertz CT molecular complexity index is 514. The lowest BCUT2D eigenvalue weighted by Gasteiger charge is -2.10. The zero-order valence-corrected chi connectivity index (χ0v) is 11.0. The highest BCUT2D eigenvalue weighted by molar-refractivity contribution is 5.65. The van der Waals surface area contributed by atoms with Crippen molar-refractivity contribution in [1.82, 2.24) is 10.9 Å². The predicted molar refractivity (Wildman–Crippen MR) is 70.1 cm³/mol. The van der Waals surface area contributed by atoms with E-state index in [1.54, 1.807) is 6.07 Å². The Morgan fingerprint density at radius 1 is 1.47 bits per heavy atom. The largest absolute Gasteiger partial charge is 0.491 e. The maximum absolute atomic E-state index is 13.7. The third-order valence-electron chi connectivity index (χ3n) is 3.10. The second-order valence-electron chi connectivity index (χ2n) is 4.41. The van der Waals surface area contributed by atoms with Gasteiger partial charge in [0, 0.05) is 5.70 Å². The summed E-state index contributed by atoms with van der Waals surface area (Å²) in [6.07, 6.45) is 1.36. The molecule has 1 aliphatic heterocycles. The predicted octanol–water partition coefficient (Wildman–Crippen LogP) is 1.72. The number of halogens is 1. The molecule has 102 valence electrons. The van der Waals surface area contributed by atoms with Gasteiger partial charge in [0.15, 0.2) is 11.6 Å². The van der Waals surface area contributed by atoms with Gasteiger partial charge in [-0.05, 0) is 43.5 Å². The molecule has 1 heterocycles. The Kier molecular flexibility index (Phi) is 4.16. The molecule has 1 atom stereocenters. The lowest BCUT2D eigenvalue weighted by molar-refractivity contribution is -0.108. The molecule has 1 aromatic rings. The first-order valence-corrected chi connectivity index (χ1v) is 6.23. The number of hydrazine groups is 1. The quantitative estimate of drug-likeness (QED) is 0.795. The minimum Gasteiger partial charge on any atom is -0.491 e. The van der Waals surface area contributed by atoms with Crippen LogP contribution in [0.3, 0.4) is 0 Å². The summed E-state index contributed by atoms with van der Waals surface area (Å²) in [5.41, 5.74) is 8.43. The molecule has 1 aromatic carbocycles. The number of carbonyl (C=O) groups excluding carboxylic acids is 1. The summed E-state index contributed by atoms with van der Waals surface area (Å²) in [5, 5.41) is 0. The van der Waals surface area contributed by atoms with Crippen LogP contribution in [0.1, 0.15) is 19.4 Å². The Morgan fingerprint density at radius 3 is 2.89 bits per heavy atom. The van der Waals surface area contributed by atoms with Crippen molar-refractivity contribution in [3.63, 3.8) is 0 Å². The molecular formula is C14H17FN2O2.